The summed E-state index contributed by atoms with van der Waals surface area (Å²) in [5.74, 6) is 0.132. The summed E-state index contributed by atoms with van der Waals surface area (Å²) in [7, 11) is 0. The van der Waals surface area contributed by atoms with E-state index in [0.29, 0.717) is 21.7 Å². The van der Waals surface area contributed by atoms with Crippen molar-refractivity contribution in [2.45, 2.75) is 0 Å². The number of para-hydroxylation sites is 1. The smallest absolute Gasteiger partial charge is 0.259 e. The third-order valence-electron chi connectivity index (χ3n) is 3.44. The maximum absolute atomic E-state index is 12.1. The molecule has 0 saturated heterocycles. The first-order valence-electron chi connectivity index (χ1n) is 7.28. The lowest BCUT2D eigenvalue weighted by Gasteiger charge is -2.08. The highest BCUT2D eigenvalue weighted by Crippen LogP contribution is 2.18. The normalized spacial score (nSPS) is 11.7. The van der Waals surface area contributed by atoms with Crippen LogP contribution in [0, 0.1) is 11.3 Å². The molecule has 3 rings (SSSR count). The van der Waals surface area contributed by atoms with Gasteiger partial charge in [0.05, 0.1) is 10.9 Å². The van der Waals surface area contributed by atoms with Crippen LogP contribution in [0.2, 0.25) is 5.02 Å². The summed E-state index contributed by atoms with van der Waals surface area (Å²) in [4.78, 5) is 18.8. The third kappa shape index (κ3) is 3.62. The predicted octanol–water partition coefficient (Wildman–Crippen LogP) is 3.45. The zero-order chi connectivity index (χ0) is 17.8. The summed E-state index contributed by atoms with van der Waals surface area (Å²) in [5.41, 5.74) is -0.114. The molecule has 3 aromatic rings. The van der Waals surface area contributed by atoms with E-state index in [0.717, 1.165) is 0 Å². The van der Waals surface area contributed by atoms with Crippen LogP contribution in [0.3, 0.4) is 0 Å². The molecule has 0 aliphatic carbocycles. The summed E-state index contributed by atoms with van der Waals surface area (Å²) < 4.78 is 5.41. The van der Waals surface area contributed by atoms with Crippen LogP contribution in [0.4, 0.5) is 0 Å². The number of allylic oxidation sites excluding steroid dienone is 1. The van der Waals surface area contributed by atoms with Gasteiger partial charge in [0.15, 0.2) is 11.6 Å². The van der Waals surface area contributed by atoms with Crippen LogP contribution in [0.15, 0.2) is 59.1 Å². The molecule has 0 spiro atoms. The number of hydrogen-bond acceptors (Lipinski definition) is 5. The number of fused-ring (bicyclic) bond motifs is 1. The van der Waals surface area contributed by atoms with Crippen LogP contribution < -0.4 is 10.3 Å². The van der Waals surface area contributed by atoms with Crippen molar-refractivity contribution in [3.63, 3.8) is 0 Å². The zero-order valence-electron chi connectivity index (χ0n) is 12.9. The number of hydrogen-bond donors (Lipinski definition) is 2. The number of aromatic nitrogens is 2. The van der Waals surface area contributed by atoms with Crippen molar-refractivity contribution in [1.29, 1.82) is 5.26 Å². The van der Waals surface area contributed by atoms with Crippen molar-refractivity contribution >= 4 is 28.1 Å². The predicted molar refractivity (Wildman–Crippen MR) is 94.5 cm³/mol. The van der Waals surface area contributed by atoms with Gasteiger partial charge >= 0.3 is 0 Å². The number of rotatable bonds is 4. The van der Waals surface area contributed by atoms with E-state index in [4.69, 9.17) is 16.3 Å². The Hall–Kier alpha value is -3.30. The van der Waals surface area contributed by atoms with Gasteiger partial charge in [0.2, 0.25) is 0 Å². The van der Waals surface area contributed by atoms with Gasteiger partial charge < -0.3 is 14.8 Å². The summed E-state index contributed by atoms with van der Waals surface area (Å²) >= 11 is 5.79. The first-order chi connectivity index (χ1) is 12.1. The van der Waals surface area contributed by atoms with Gasteiger partial charge in [-0.1, -0.05) is 23.7 Å². The number of benzene rings is 2. The summed E-state index contributed by atoms with van der Waals surface area (Å²) in [6.07, 6.45) is 0. The topological polar surface area (TPSA) is 99.0 Å². The molecule has 2 N–H and O–H groups in total. The SMILES string of the molecule is N#C/C(=C(/O)COc1ccc(Cl)cc1)c1nc2ccccc2c(=O)[nH]1. The van der Waals surface area contributed by atoms with Crippen molar-refractivity contribution in [2.75, 3.05) is 6.61 Å². The molecular formula is C18H12ClN3O3. The number of aromatic amines is 1. The molecule has 1 heterocycles. The van der Waals surface area contributed by atoms with E-state index in [1.165, 1.54) is 0 Å². The van der Waals surface area contributed by atoms with Crippen LogP contribution in [0.25, 0.3) is 16.5 Å². The molecule has 0 amide bonds. The van der Waals surface area contributed by atoms with E-state index in [9.17, 15) is 15.2 Å². The van der Waals surface area contributed by atoms with Gasteiger partial charge in [0, 0.05) is 5.02 Å². The first-order valence-corrected chi connectivity index (χ1v) is 7.66. The highest BCUT2D eigenvalue weighted by atomic mass is 35.5. The maximum atomic E-state index is 12.1. The van der Waals surface area contributed by atoms with E-state index in [1.54, 1.807) is 48.5 Å². The molecule has 124 valence electrons. The number of nitrogens with one attached hydrogen (secondary N) is 1. The van der Waals surface area contributed by atoms with Crippen molar-refractivity contribution in [2.24, 2.45) is 0 Å². The van der Waals surface area contributed by atoms with E-state index < -0.39 is 0 Å². The lowest BCUT2D eigenvalue weighted by atomic mass is 10.2. The van der Waals surface area contributed by atoms with Crippen LogP contribution in [0.1, 0.15) is 5.82 Å². The zero-order valence-corrected chi connectivity index (χ0v) is 13.6. The maximum Gasteiger partial charge on any atom is 0.259 e. The molecule has 2 aromatic carbocycles. The molecule has 0 unspecified atom stereocenters. The fourth-order valence-corrected chi connectivity index (χ4v) is 2.34. The average molecular weight is 354 g/mol. The molecule has 7 heteroatoms. The number of nitrogens with zero attached hydrogens (tertiary/aromatic N) is 2. The number of H-pyrrole nitrogens is 1. The van der Waals surface area contributed by atoms with Crippen molar-refractivity contribution in [3.05, 3.63) is 75.5 Å². The van der Waals surface area contributed by atoms with E-state index in [2.05, 4.69) is 9.97 Å². The van der Waals surface area contributed by atoms with E-state index in [-0.39, 0.29) is 29.3 Å². The van der Waals surface area contributed by atoms with Gasteiger partial charge in [-0.3, -0.25) is 4.79 Å². The standard InChI is InChI=1S/C18H12ClN3O3/c19-11-5-7-12(8-6-11)25-10-16(23)14(9-20)17-21-15-4-2-1-3-13(15)18(24)22-17/h1-8,23H,10H2,(H,21,22,24)/b16-14-. The molecule has 1 aromatic heterocycles. The average Bonchev–Trinajstić information content (AvgIpc) is 2.62. The van der Waals surface area contributed by atoms with Crippen LogP contribution in [0.5, 0.6) is 5.75 Å². The largest absolute Gasteiger partial charge is 0.507 e. The quantitative estimate of drug-likeness (QED) is 0.553. The minimum Gasteiger partial charge on any atom is -0.507 e. The van der Waals surface area contributed by atoms with Gasteiger partial charge in [-0.15, -0.1) is 0 Å². The summed E-state index contributed by atoms with van der Waals surface area (Å²) in [6, 6.07) is 15.2. The van der Waals surface area contributed by atoms with Gasteiger partial charge in [-0.25, -0.2) is 4.98 Å². The van der Waals surface area contributed by atoms with Gasteiger partial charge in [0.25, 0.3) is 5.56 Å². The van der Waals surface area contributed by atoms with Crippen LogP contribution >= 0.6 is 11.6 Å². The van der Waals surface area contributed by atoms with Crippen molar-refractivity contribution < 1.29 is 9.84 Å². The molecule has 0 fully saturated rings. The fourth-order valence-electron chi connectivity index (χ4n) is 2.21. The highest BCUT2D eigenvalue weighted by molar-refractivity contribution is 6.30. The Bertz CT molecular complexity index is 1050. The lowest BCUT2D eigenvalue weighted by molar-refractivity contribution is 0.272. The number of aliphatic hydroxyl groups is 1. The fraction of sp³-hybridized carbons (Fsp3) is 0.0556. The van der Waals surface area contributed by atoms with E-state index in [1.807, 2.05) is 6.07 Å². The molecule has 0 aliphatic heterocycles. The second kappa shape index (κ2) is 7.07. The molecule has 0 aliphatic rings. The second-order valence-corrected chi connectivity index (χ2v) is 5.54. The van der Waals surface area contributed by atoms with Crippen molar-refractivity contribution in [1.82, 2.24) is 9.97 Å². The Morgan fingerprint density at radius 1 is 1.24 bits per heavy atom. The number of ether oxygens (including phenoxy) is 1. The van der Waals surface area contributed by atoms with Gasteiger partial charge in [-0.05, 0) is 36.4 Å². The molecule has 0 saturated carbocycles. The highest BCUT2D eigenvalue weighted by Gasteiger charge is 2.13. The Morgan fingerprint density at radius 2 is 1.96 bits per heavy atom. The Labute approximate surface area is 147 Å². The Kier molecular flexibility index (Phi) is 4.68. The monoisotopic (exact) mass is 353 g/mol. The lowest BCUT2D eigenvalue weighted by Crippen LogP contribution is -2.13. The third-order valence-corrected chi connectivity index (χ3v) is 3.69. The van der Waals surface area contributed by atoms with Crippen LogP contribution in [-0.2, 0) is 0 Å². The first kappa shape index (κ1) is 16.6. The number of aliphatic hydroxyl groups excluding tert-OH is 1. The minimum absolute atomic E-state index is 0.0107. The molecular weight excluding hydrogens is 342 g/mol. The minimum atomic E-state index is -0.389. The molecule has 0 radical (unpaired) electrons. The van der Waals surface area contributed by atoms with E-state index >= 15 is 0 Å². The Morgan fingerprint density at radius 3 is 2.68 bits per heavy atom. The molecule has 0 bridgehead atoms. The molecule has 6 nitrogen and oxygen atoms in total. The van der Waals surface area contributed by atoms with Gasteiger partial charge in [0.1, 0.15) is 24.0 Å². The second-order valence-electron chi connectivity index (χ2n) is 5.11. The van der Waals surface area contributed by atoms with Gasteiger partial charge in [-0.2, -0.15) is 5.26 Å². The summed E-state index contributed by atoms with van der Waals surface area (Å²) in [5, 5.41) is 20.5. The number of nitriles is 1. The summed E-state index contributed by atoms with van der Waals surface area (Å²) in [6.45, 7) is -0.249. The Balaban J connectivity index is 1.92. The van der Waals surface area contributed by atoms with Crippen molar-refractivity contribution in [3.8, 4) is 11.8 Å². The molecule has 25 heavy (non-hydrogen) atoms. The molecule has 0 atom stereocenters. The van der Waals surface area contributed by atoms with Crippen LogP contribution in [-0.4, -0.2) is 21.7 Å². The number of halogens is 1.